The molecule has 0 bridgehead atoms. The van der Waals surface area contributed by atoms with Gasteiger partial charge in [-0.05, 0) is 44.4 Å². The molecule has 32 heavy (non-hydrogen) atoms. The van der Waals surface area contributed by atoms with Crippen molar-refractivity contribution in [3.63, 3.8) is 0 Å². The van der Waals surface area contributed by atoms with Gasteiger partial charge in [0.15, 0.2) is 5.69 Å². The van der Waals surface area contributed by atoms with E-state index in [0.717, 1.165) is 5.56 Å². The van der Waals surface area contributed by atoms with E-state index in [1.807, 2.05) is 26.0 Å². The monoisotopic (exact) mass is 447 g/mol. The first-order chi connectivity index (χ1) is 15.2. The number of hydrogen-bond acceptors (Lipinski definition) is 7. The summed E-state index contributed by atoms with van der Waals surface area (Å²) in [4.78, 5) is 20.1. The second kappa shape index (κ2) is 8.52. The Morgan fingerprint density at radius 2 is 1.94 bits per heavy atom. The van der Waals surface area contributed by atoms with E-state index in [2.05, 4.69) is 25.4 Å². The molecular weight excluding hydrogens is 427 g/mol. The fraction of sp³-hybridized carbons (Fsp3) is 0.400. The highest BCUT2D eigenvalue weighted by Gasteiger charge is 2.36. The van der Waals surface area contributed by atoms with Gasteiger partial charge < -0.3 is 9.64 Å². The number of piperidine rings is 1. The molecule has 1 aliphatic heterocycles. The van der Waals surface area contributed by atoms with Crippen molar-refractivity contribution < 1.29 is 22.7 Å². The van der Waals surface area contributed by atoms with Gasteiger partial charge in [-0.2, -0.15) is 28.2 Å². The van der Waals surface area contributed by atoms with Crippen LogP contribution >= 0.6 is 0 Å². The fourth-order valence-electron chi connectivity index (χ4n) is 3.62. The van der Waals surface area contributed by atoms with Gasteiger partial charge in [-0.3, -0.25) is 4.79 Å². The molecule has 1 aromatic carbocycles. The van der Waals surface area contributed by atoms with E-state index in [1.54, 1.807) is 11.0 Å². The van der Waals surface area contributed by atoms with Gasteiger partial charge in [-0.15, -0.1) is 5.10 Å². The maximum absolute atomic E-state index is 13.4. The van der Waals surface area contributed by atoms with Crippen molar-refractivity contribution >= 4 is 5.91 Å². The van der Waals surface area contributed by atoms with Crippen LogP contribution in [0.3, 0.4) is 0 Å². The Balaban J connectivity index is 1.54. The Hall–Kier alpha value is -3.57. The average Bonchev–Trinajstić information content (AvgIpc) is 3.29. The lowest BCUT2D eigenvalue weighted by molar-refractivity contribution is -0.142. The molecule has 2 aromatic heterocycles. The van der Waals surface area contributed by atoms with Gasteiger partial charge in [0, 0.05) is 6.54 Å². The Bertz CT molecular complexity index is 1090. The van der Waals surface area contributed by atoms with Crippen molar-refractivity contribution in [3.05, 3.63) is 53.6 Å². The van der Waals surface area contributed by atoms with Crippen molar-refractivity contribution in [3.8, 4) is 11.7 Å². The largest absolute Gasteiger partial charge is 0.457 e. The summed E-state index contributed by atoms with van der Waals surface area (Å²) in [7, 11) is 0. The maximum Gasteiger partial charge on any atom is 0.436 e. The van der Waals surface area contributed by atoms with Crippen LogP contribution in [0, 0.1) is 6.92 Å². The van der Waals surface area contributed by atoms with E-state index in [4.69, 9.17) is 4.74 Å². The third-order valence-corrected chi connectivity index (χ3v) is 5.28. The standard InChI is InChI=1S/C20H20F3N7O2/c1-12-5-6-14(15(10-12)30-25-7-8-26-30)18(31)29-9-3-4-16(13(29)2)32-19-24-11-17(27-28-19)20(21,22)23/h5-8,10-11,13,16H,3-4,9H2,1-2H3/t13-,16+/m0/s1. The van der Waals surface area contributed by atoms with Gasteiger partial charge in [0.2, 0.25) is 0 Å². The normalized spacial score (nSPS) is 19.1. The zero-order valence-electron chi connectivity index (χ0n) is 17.3. The van der Waals surface area contributed by atoms with Crippen LogP contribution in [0.25, 0.3) is 5.69 Å². The van der Waals surface area contributed by atoms with Gasteiger partial charge >= 0.3 is 12.2 Å². The van der Waals surface area contributed by atoms with Crippen molar-refractivity contribution in [1.29, 1.82) is 0 Å². The summed E-state index contributed by atoms with van der Waals surface area (Å²) >= 11 is 0. The number of nitrogens with zero attached hydrogens (tertiary/aromatic N) is 7. The number of halogens is 3. The molecule has 168 valence electrons. The predicted molar refractivity (Wildman–Crippen MR) is 105 cm³/mol. The molecule has 0 saturated carbocycles. The Morgan fingerprint density at radius 3 is 2.59 bits per heavy atom. The molecule has 1 aliphatic rings. The molecule has 4 rings (SSSR count). The summed E-state index contributed by atoms with van der Waals surface area (Å²) in [6.07, 6.45) is -0.247. The van der Waals surface area contributed by atoms with E-state index >= 15 is 0 Å². The van der Waals surface area contributed by atoms with Crippen LogP contribution in [0.2, 0.25) is 0 Å². The number of carbonyl (C=O) groups is 1. The Labute approximate surface area is 181 Å². The lowest BCUT2D eigenvalue weighted by atomic mass is 9.98. The van der Waals surface area contributed by atoms with Crippen molar-refractivity contribution in [2.24, 2.45) is 0 Å². The van der Waals surface area contributed by atoms with Crippen LogP contribution in [-0.4, -0.2) is 59.7 Å². The zero-order valence-corrected chi connectivity index (χ0v) is 17.3. The second-order valence-electron chi connectivity index (χ2n) is 7.50. The molecule has 1 fully saturated rings. The van der Waals surface area contributed by atoms with Crippen LogP contribution < -0.4 is 4.74 Å². The number of likely N-dealkylation sites (tertiary alicyclic amines) is 1. The first-order valence-electron chi connectivity index (χ1n) is 9.96. The highest BCUT2D eigenvalue weighted by atomic mass is 19.4. The summed E-state index contributed by atoms with van der Waals surface area (Å²) in [5, 5.41) is 14.8. The summed E-state index contributed by atoms with van der Waals surface area (Å²) in [5.41, 5.74) is 0.753. The van der Waals surface area contributed by atoms with Crippen LogP contribution in [0.15, 0.2) is 36.8 Å². The van der Waals surface area contributed by atoms with Crippen LogP contribution in [-0.2, 0) is 6.18 Å². The number of aryl methyl sites for hydroxylation is 1. The molecule has 1 saturated heterocycles. The quantitative estimate of drug-likeness (QED) is 0.606. The van der Waals surface area contributed by atoms with Crippen LogP contribution in [0.1, 0.15) is 41.4 Å². The second-order valence-corrected chi connectivity index (χ2v) is 7.50. The van der Waals surface area contributed by atoms with Gasteiger partial charge in [-0.25, -0.2) is 4.98 Å². The summed E-state index contributed by atoms with van der Waals surface area (Å²) in [6, 6.07) is 4.77. The number of hydrogen-bond donors (Lipinski definition) is 0. The van der Waals surface area contributed by atoms with Crippen LogP contribution in [0.5, 0.6) is 6.01 Å². The van der Waals surface area contributed by atoms with Gasteiger partial charge in [0.1, 0.15) is 6.10 Å². The number of amides is 1. The molecule has 12 heteroatoms. The van der Waals surface area contributed by atoms with E-state index in [9.17, 15) is 18.0 Å². The van der Waals surface area contributed by atoms with Crippen LogP contribution in [0.4, 0.5) is 13.2 Å². The van der Waals surface area contributed by atoms with Gasteiger partial charge in [0.25, 0.3) is 5.91 Å². The van der Waals surface area contributed by atoms with E-state index < -0.39 is 18.0 Å². The lowest BCUT2D eigenvalue weighted by Crippen LogP contribution is -2.51. The molecule has 0 N–H and O–H groups in total. The number of benzene rings is 1. The smallest absolute Gasteiger partial charge is 0.436 e. The highest BCUT2D eigenvalue weighted by Crippen LogP contribution is 2.28. The lowest BCUT2D eigenvalue weighted by Gasteiger charge is -2.39. The van der Waals surface area contributed by atoms with Crippen molar-refractivity contribution in [2.45, 2.75) is 45.0 Å². The molecule has 0 spiro atoms. The number of aromatic nitrogens is 6. The third kappa shape index (κ3) is 4.39. The summed E-state index contributed by atoms with van der Waals surface area (Å²) in [5.74, 6) is -0.218. The van der Waals surface area contributed by atoms with Gasteiger partial charge in [-0.1, -0.05) is 11.2 Å². The fourth-order valence-corrected chi connectivity index (χ4v) is 3.62. The van der Waals surface area contributed by atoms with E-state index in [0.29, 0.717) is 36.8 Å². The van der Waals surface area contributed by atoms with Gasteiger partial charge in [0.05, 0.1) is 35.9 Å². The predicted octanol–water partition coefficient (Wildman–Crippen LogP) is 2.85. The molecule has 0 radical (unpaired) electrons. The molecular formula is C20H20F3N7O2. The van der Waals surface area contributed by atoms with Crippen molar-refractivity contribution in [2.75, 3.05) is 6.54 Å². The number of carbonyl (C=O) groups excluding carboxylic acids is 1. The minimum atomic E-state index is -4.63. The SMILES string of the molecule is Cc1ccc(C(=O)N2CCC[C@@H](Oc3ncc(C(F)(F)F)nn3)[C@@H]2C)c(-n2nccn2)c1. The van der Waals surface area contributed by atoms with E-state index in [-0.39, 0.29) is 18.0 Å². The minimum absolute atomic E-state index is 0.218. The molecule has 1 amide bonds. The minimum Gasteiger partial charge on any atom is -0.457 e. The molecule has 2 atom stereocenters. The summed E-state index contributed by atoms with van der Waals surface area (Å²) < 4.78 is 43.7. The first-order valence-corrected chi connectivity index (χ1v) is 9.96. The number of ether oxygens (including phenoxy) is 1. The van der Waals surface area contributed by atoms with E-state index in [1.165, 1.54) is 17.2 Å². The number of alkyl halides is 3. The van der Waals surface area contributed by atoms with Crippen molar-refractivity contribution in [1.82, 2.24) is 35.1 Å². The molecule has 0 aliphatic carbocycles. The molecule has 3 aromatic rings. The molecule has 3 heterocycles. The highest BCUT2D eigenvalue weighted by molar-refractivity contribution is 5.98. The zero-order chi connectivity index (χ0) is 22.9. The Morgan fingerprint density at radius 1 is 1.19 bits per heavy atom. The Kier molecular flexibility index (Phi) is 5.76. The third-order valence-electron chi connectivity index (χ3n) is 5.28. The summed E-state index contributed by atoms with van der Waals surface area (Å²) in [6.45, 7) is 4.23. The first kappa shape index (κ1) is 21.7. The molecule has 9 nitrogen and oxygen atoms in total. The topological polar surface area (TPSA) is 98.9 Å². The maximum atomic E-state index is 13.4. The molecule has 0 unspecified atom stereocenters. The average molecular weight is 447 g/mol. The number of rotatable bonds is 4.